The Balaban J connectivity index is 1.99. The SMILES string of the molecule is COc1cc2c(cc1OC)-c1c(OC)cc3c(c1CC2)OCO3. The highest BCUT2D eigenvalue weighted by Crippen LogP contribution is 2.51. The molecule has 5 heteroatoms. The Morgan fingerprint density at radius 2 is 1.57 bits per heavy atom. The van der Waals surface area contributed by atoms with Crippen molar-refractivity contribution in [1.29, 1.82) is 0 Å². The molecule has 2 aliphatic rings. The van der Waals surface area contributed by atoms with E-state index in [1.165, 1.54) is 5.56 Å². The molecule has 1 aliphatic carbocycles. The maximum absolute atomic E-state index is 5.68. The van der Waals surface area contributed by atoms with Crippen molar-refractivity contribution in [2.45, 2.75) is 12.8 Å². The van der Waals surface area contributed by atoms with E-state index in [9.17, 15) is 0 Å². The van der Waals surface area contributed by atoms with Gasteiger partial charge in [0.05, 0.1) is 21.3 Å². The number of aryl methyl sites for hydroxylation is 1. The van der Waals surface area contributed by atoms with Gasteiger partial charge in [0.25, 0.3) is 0 Å². The van der Waals surface area contributed by atoms with Crippen LogP contribution in [0.5, 0.6) is 28.7 Å². The Labute approximate surface area is 134 Å². The Bertz CT molecular complexity index is 782. The lowest BCUT2D eigenvalue weighted by molar-refractivity contribution is 0.173. The van der Waals surface area contributed by atoms with Gasteiger partial charge in [-0.1, -0.05) is 0 Å². The molecule has 1 heterocycles. The molecule has 0 fully saturated rings. The second kappa shape index (κ2) is 5.26. The molecule has 0 amide bonds. The third-order valence-corrected chi connectivity index (χ3v) is 4.47. The lowest BCUT2D eigenvalue weighted by atomic mass is 9.84. The highest BCUT2D eigenvalue weighted by Gasteiger charge is 2.30. The van der Waals surface area contributed by atoms with Gasteiger partial charge < -0.3 is 23.7 Å². The summed E-state index contributed by atoms with van der Waals surface area (Å²) in [5.74, 6) is 3.83. The summed E-state index contributed by atoms with van der Waals surface area (Å²) < 4.78 is 27.7. The van der Waals surface area contributed by atoms with Gasteiger partial charge in [-0.05, 0) is 36.1 Å². The van der Waals surface area contributed by atoms with E-state index < -0.39 is 0 Å². The monoisotopic (exact) mass is 314 g/mol. The van der Waals surface area contributed by atoms with Crippen molar-refractivity contribution in [3.63, 3.8) is 0 Å². The lowest BCUT2D eigenvalue weighted by Gasteiger charge is -2.24. The fraction of sp³-hybridized carbons (Fsp3) is 0.333. The van der Waals surface area contributed by atoms with Gasteiger partial charge in [0.15, 0.2) is 23.0 Å². The molecule has 1 aliphatic heterocycles. The third-order valence-electron chi connectivity index (χ3n) is 4.47. The van der Waals surface area contributed by atoms with Crippen LogP contribution < -0.4 is 23.7 Å². The molecule has 120 valence electrons. The summed E-state index contributed by atoms with van der Waals surface area (Å²) >= 11 is 0. The lowest BCUT2D eigenvalue weighted by Crippen LogP contribution is -2.08. The summed E-state index contributed by atoms with van der Waals surface area (Å²) in [6, 6.07) is 5.95. The quantitative estimate of drug-likeness (QED) is 0.870. The van der Waals surface area contributed by atoms with Crippen LogP contribution in [0.4, 0.5) is 0 Å². The average Bonchev–Trinajstić information content (AvgIpc) is 3.07. The van der Waals surface area contributed by atoms with Crippen LogP contribution in [-0.2, 0) is 12.8 Å². The van der Waals surface area contributed by atoms with Gasteiger partial charge in [0.2, 0.25) is 6.79 Å². The maximum atomic E-state index is 5.68. The minimum absolute atomic E-state index is 0.258. The number of rotatable bonds is 3. The van der Waals surface area contributed by atoms with Crippen LogP contribution in [0, 0.1) is 0 Å². The number of hydrogen-bond donors (Lipinski definition) is 0. The Morgan fingerprint density at radius 1 is 0.826 bits per heavy atom. The van der Waals surface area contributed by atoms with E-state index in [1.54, 1.807) is 21.3 Å². The smallest absolute Gasteiger partial charge is 0.231 e. The van der Waals surface area contributed by atoms with E-state index in [-0.39, 0.29) is 6.79 Å². The van der Waals surface area contributed by atoms with E-state index in [1.807, 2.05) is 18.2 Å². The summed E-state index contributed by atoms with van der Waals surface area (Å²) in [4.78, 5) is 0. The molecule has 2 aromatic carbocycles. The van der Waals surface area contributed by atoms with Gasteiger partial charge in [-0.2, -0.15) is 0 Å². The van der Waals surface area contributed by atoms with E-state index in [4.69, 9.17) is 23.7 Å². The number of benzene rings is 2. The fourth-order valence-corrected chi connectivity index (χ4v) is 3.40. The maximum Gasteiger partial charge on any atom is 0.231 e. The summed E-state index contributed by atoms with van der Waals surface area (Å²) in [7, 11) is 4.97. The molecule has 0 unspecified atom stereocenters. The van der Waals surface area contributed by atoms with Crippen LogP contribution in [0.15, 0.2) is 18.2 Å². The summed E-state index contributed by atoms with van der Waals surface area (Å²) in [6.45, 7) is 0.258. The predicted octanol–water partition coefficient (Wildman–Crippen LogP) is 3.21. The molecular weight excluding hydrogens is 296 g/mol. The molecule has 0 atom stereocenters. The largest absolute Gasteiger partial charge is 0.496 e. The summed E-state index contributed by atoms with van der Waals surface area (Å²) in [6.07, 6.45) is 1.78. The van der Waals surface area contributed by atoms with Crippen LogP contribution in [0.2, 0.25) is 0 Å². The molecule has 23 heavy (non-hydrogen) atoms. The minimum Gasteiger partial charge on any atom is -0.496 e. The van der Waals surface area contributed by atoms with Crippen LogP contribution in [0.3, 0.4) is 0 Å². The molecule has 4 rings (SSSR count). The van der Waals surface area contributed by atoms with Crippen LogP contribution in [0.25, 0.3) is 11.1 Å². The van der Waals surface area contributed by atoms with Gasteiger partial charge in [0.1, 0.15) is 5.75 Å². The molecular formula is C18H18O5. The molecule has 2 aromatic rings. The molecule has 0 spiro atoms. The fourth-order valence-electron chi connectivity index (χ4n) is 3.40. The average molecular weight is 314 g/mol. The summed E-state index contributed by atoms with van der Waals surface area (Å²) in [5, 5.41) is 0. The predicted molar refractivity (Wildman–Crippen MR) is 85.1 cm³/mol. The number of ether oxygens (including phenoxy) is 5. The molecule has 0 bridgehead atoms. The van der Waals surface area contributed by atoms with Crippen molar-refractivity contribution in [3.8, 4) is 39.9 Å². The first kappa shape index (κ1) is 14.1. The van der Waals surface area contributed by atoms with Crippen LogP contribution >= 0.6 is 0 Å². The zero-order valence-corrected chi connectivity index (χ0v) is 13.4. The van der Waals surface area contributed by atoms with E-state index >= 15 is 0 Å². The minimum atomic E-state index is 0.258. The van der Waals surface area contributed by atoms with Gasteiger partial charge in [-0.25, -0.2) is 0 Å². The second-order valence-corrected chi connectivity index (χ2v) is 5.53. The first-order valence-corrected chi connectivity index (χ1v) is 7.51. The molecule has 0 saturated heterocycles. The van der Waals surface area contributed by atoms with Gasteiger partial charge in [0, 0.05) is 17.2 Å². The molecule has 5 nitrogen and oxygen atoms in total. The number of methoxy groups -OCH3 is 3. The second-order valence-electron chi connectivity index (χ2n) is 5.53. The van der Waals surface area contributed by atoms with Gasteiger partial charge in [-0.3, -0.25) is 0 Å². The van der Waals surface area contributed by atoms with Gasteiger partial charge >= 0.3 is 0 Å². The zero-order chi connectivity index (χ0) is 16.0. The molecule has 0 aromatic heterocycles. The number of fused-ring (bicyclic) bond motifs is 5. The number of hydrogen-bond acceptors (Lipinski definition) is 5. The van der Waals surface area contributed by atoms with E-state index in [0.29, 0.717) is 5.75 Å². The van der Waals surface area contributed by atoms with Gasteiger partial charge in [-0.15, -0.1) is 0 Å². The highest BCUT2D eigenvalue weighted by atomic mass is 16.7. The first-order chi connectivity index (χ1) is 11.3. The zero-order valence-electron chi connectivity index (χ0n) is 13.4. The van der Waals surface area contributed by atoms with Crippen molar-refractivity contribution in [2.24, 2.45) is 0 Å². The molecule has 0 N–H and O–H groups in total. The van der Waals surface area contributed by atoms with E-state index in [0.717, 1.165) is 52.5 Å². The Morgan fingerprint density at radius 3 is 2.30 bits per heavy atom. The normalized spacial score (nSPS) is 14.0. The van der Waals surface area contributed by atoms with Crippen LogP contribution in [0.1, 0.15) is 11.1 Å². The third kappa shape index (κ3) is 2.00. The van der Waals surface area contributed by atoms with Crippen molar-refractivity contribution in [2.75, 3.05) is 28.1 Å². The van der Waals surface area contributed by atoms with Crippen molar-refractivity contribution >= 4 is 0 Å². The topological polar surface area (TPSA) is 46.2 Å². The Hall–Kier alpha value is -2.56. The standard InChI is InChI=1S/C18H18O5/c1-19-13-6-10-4-5-11-17(12(10)7-14(13)20-2)15(21-3)8-16-18(11)23-9-22-16/h6-8H,4-5,9H2,1-3H3. The van der Waals surface area contributed by atoms with E-state index in [2.05, 4.69) is 0 Å². The van der Waals surface area contributed by atoms with Crippen molar-refractivity contribution in [1.82, 2.24) is 0 Å². The summed E-state index contributed by atoms with van der Waals surface area (Å²) in [5.41, 5.74) is 4.50. The van der Waals surface area contributed by atoms with Crippen LogP contribution in [-0.4, -0.2) is 28.1 Å². The van der Waals surface area contributed by atoms with Crippen molar-refractivity contribution < 1.29 is 23.7 Å². The highest BCUT2D eigenvalue weighted by molar-refractivity contribution is 5.84. The molecule has 0 radical (unpaired) electrons. The Kier molecular flexibility index (Phi) is 3.22. The van der Waals surface area contributed by atoms with Crippen molar-refractivity contribution in [3.05, 3.63) is 29.3 Å². The molecule has 0 saturated carbocycles. The first-order valence-electron chi connectivity index (χ1n) is 7.51.